The summed E-state index contributed by atoms with van der Waals surface area (Å²) in [7, 11) is 0. The van der Waals surface area contributed by atoms with Crippen LogP contribution in [-0.2, 0) is 0 Å². The molecule has 0 saturated carbocycles. The van der Waals surface area contributed by atoms with Crippen molar-refractivity contribution < 1.29 is 9.21 Å². The second-order valence-electron chi connectivity index (χ2n) is 6.98. The minimum atomic E-state index is 0.0215. The van der Waals surface area contributed by atoms with Crippen LogP contribution in [0.4, 0.5) is 0 Å². The molecule has 1 aliphatic rings. The SMILES string of the molecule is C=C1CCN(C(=O)c2ccccc2-c2ncc(-c3ccc(C)cc3)o2)CC1. The van der Waals surface area contributed by atoms with Crippen LogP contribution in [0, 0.1) is 6.92 Å². The molecule has 2 aromatic carbocycles. The van der Waals surface area contributed by atoms with E-state index in [1.807, 2.05) is 60.4 Å². The molecule has 0 unspecified atom stereocenters. The summed E-state index contributed by atoms with van der Waals surface area (Å²) in [6, 6.07) is 15.6. The van der Waals surface area contributed by atoms with E-state index in [0.29, 0.717) is 30.3 Å². The maximum Gasteiger partial charge on any atom is 0.254 e. The molecule has 0 N–H and O–H groups in total. The minimum Gasteiger partial charge on any atom is -0.436 e. The van der Waals surface area contributed by atoms with E-state index in [-0.39, 0.29) is 5.91 Å². The lowest BCUT2D eigenvalue weighted by Gasteiger charge is -2.28. The Bertz CT molecular complexity index is 976. The fraction of sp³-hybridized carbons (Fsp3) is 0.217. The van der Waals surface area contributed by atoms with Crippen LogP contribution in [-0.4, -0.2) is 28.9 Å². The summed E-state index contributed by atoms with van der Waals surface area (Å²) in [5.74, 6) is 1.19. The van der Waals surface area contributed by atoms with Crippen LogP contribution in [0.25, 0.3) is 22.8 Å². The third kappa shape index (κ3) is 3.56. The quantitative estimate of drug-likeness (QED) is 0.611. The third-order valence-corrected chi connectivity index (χ3v) is 4.99. The summed E-state index contributed by atoms with van der Waals surface area (Å²) in [6.07, 6.45) is 3.45. The van der Waals surface area contributed by atoms with E-state index in [2.05, 4.69) is 11.6 Å². The van der Waals surface area contributed by atoms with Gasteiger partial charge in [-0.25, -0.2) is 4.98 Å². The van der Waals surface area contributed by atoms with E-state index >= 15 is 0 Å². The number of nitrogens with zero attached hydrogens (tertiary/aromatic N) is 2. The fourth-order valence-corrected chi connectivity index (χ4v) is 3.30. The van der Waals surface area contributed by atoms with Crippen molar-refractivity contribution in [3.05, 3.63) is 78.0 Å². The molecule has 4 nitrogen and oxygen atoms in total. The van der Waals surface area contributed by atoms with Gasteiger partial charge in [0.25, 0.3) is 5.91 Å². The summed E-state index contributed by atoms with van der Waals surface area (Å²) in [5.41, 5.74) is 4.73. The Labute approximate surface area is 159 Å². The summed E-state index contributed by atoms with van der Waals surface area (Å²) in [5, 5.41) is 0. The van der Waals surface area contributed by atoms with Gasteiger partial charge in [-0.3, -0.25) is 4.79 Å². The lowest BCUT2D eigenvalue weighted by atomic mass is 10.0. The monoisotopic (exact) mass is 358 g/mol. The van der Waals surface area contributed by atoms with Gasteiger partial charge < -0.3 is 9.32 Å². The topological polar surface area (TPSA) is 46.3 Å². The Morgan fingerprint density at radius 3 is 2.52 bits per heavy atom. The van der Waals surface area contributed by atoms with Crippen molar-refractivity contribution in [3.8, 4) is 22.8 Å². The van der Waals surface area contributed by atoms with Gasteiger partial charge in [0.05, 0.1) is 11.8 Å². The van der Waals surface area contributed by atoms with E-state index < -0.39 is 0 Å². The number of hydrogen-bond donors (Lipinski definition) is 0. The molecule has 4 rings (SSSR count). The van der Waals surface area contributed by atoms with Crippen molar-refractivity contribution in [1.82, 2.24) is 9.88 Å². The molecule has 1 fully saturated rings. The molecule has 0 bridgehead atoms. The molecule has 0 atom stereocenters. The minimum absolute atomic E-state index is 0.0215. The van der Waals surface area contributed by atoms with Crippen LogP contribution in [0.3, 0.4) is 0 Å². The number of carbonyl (C=O) groups excluding carboxylic acids is 1. The van der Waals surface area contributed by atoms with Crippen molar-refractivity contribution in [3.63, 3.8) is 0 Å². The first-order valence-electron chi connectivity index (χ1n) is 9.20. The van der Waals surface area contributed by atoms with E-state index in [4.69, 9.17) is 4.42 Å². The van der Waals surface area contributed by atoms with Gasteiger partial charge in [0.1, 0.15) is 0 Å². The first kappa shape index (κ1) is 17.3. The summed E-state index contributed by atoms with van der Waals surface area (Å²) in [4.78, 5) is 19.4. The van der Waals surface area contributed by atoms with Crippen LogP contribution in [0.2, 0.25) is 0 Å². The Balaban J connectivity index is 1.64. The second kappa shape index (κ2) is 7.23. The average Bonchev–Trinajstić information content (AvgIpc) is 3.19. The molecule has 1 aromatic heterocycles. The highest BCUT2D eigenvalue weighted by Gasteiger charge is 2.23. The Morgan fingerprint density at radius 2 is 1.78 bits per heavy atom. The van der Waals surface area contributed by atoms with Crippen molar-refractivity contribution in [2.45, 2.75) is 19.8 Å². The largest absolute Gasteiger partial charge is 0.436 e. The molecular formula is C23H22N2O2. The molecule has 1 amide bonds. The highest BCUT2D eigenvalue weighted by Crippen LogP contribution is 2.29. The predicted molar refractivity (Wildman–Crippen MR) is 106 cm³/mol. The summed E-state index contributed by atoms with van der Waals surface area (Å²) < 4.78 is 5.99. The Morgan fingerprint density at radius 1 is 1.07 bits per heavy atom. The maximum absolute atomic E-state index is 13.0. The van der Waals surface area contributed by atoms with Crippen LogP contribution in [0.15, 0.2) is 71.3 Å². The molecule has 2 heterocycles. The van der Waals surface area contributed by atoms with Crippen LogP contribution < -0.4 is 0 Å². The van der Waals surface area contributed by atoms with Crippen LogP contribution >= 0.6 is 0 Å². The molecule has 0 aliphatic carbocycles. The average molecular weight is 358 g/mol. The van der Waals surface area contributed by atoms with Gasteiger partial charge in [0.15, 0.2) is 5.76 Å². The standard InChI is InChI=1S/C23H22N2O2/c1-16-7-9-18(10-8-16)21-15-24-22(27-21)19-5-3-4-6-20(19)23(26)25-13-11-17(2)12-14-25/h3-10,15H,2,11-14H2,1H3. The van der Waals surface area contributed by atoms with Crippen molar-refractivity contribution >= 4 is 5.91 Å². The number of likely N-dealkylation sites (tertiary alicyclic amines) is 1. The number of hydrogen-bond acceptors (Lipinski definition) is 3. The molecule has 4 heteroatoms. The molecule has 0 spiro atoms. The smallest absolute Gasteiger partial charge is 0.254 e. The number of oxazole rings is 1. The van der Waals surface area contributed by atoms with E-state index in [0.717, 1.165) is 24.0 Å². The Hall–Kier alpha value is -3.14. The van der Waals surface area contributed by atoms with Gasteiger partial charge in [-0.15, -0.1) is 0 Å². The predicted octanol–water partition coefficient (Wildman–Crippen LogP) is 5.11. The second-order valence-corrected chi connectivity index (χ2v) is 6.98. The number of benzene rings is 2. The van der Waals surface area contributed by atoms with Crippen molar-refractivity contribution in [2.75, 3.05) is 13.1 Å². The van der Waals surface area contributed by atoms with Crippen molar-refractivity contribution in [1.29, 1.82) is 0 Å². The maximum atomic E-state index is 13.0. The van der Waals surface area contributed by atoms with Gasteiger partial charge in [0.2, 0.25) is 5.89 Å². The third-order valence-electron chi connectivity index (χ3n) is 4.99. The van der Waals surface area contributed by atoms with E-state index in [9.17, 15) is 4.79 Å². The lowest BCUT2D eigenvalue weighted by Crippen LogP contribution is -2.36. The molecule has 1 aliphatic heterocycles. The molecule has 3 aromatic rings. The first-order valence-corrected chi connectivity index (χ1v) is 9.20. The zero-order valence-electron chi connectivity index (χ0n) is 15.4. The van der Waals surface area contributed by atoms with Gasteiger partial charge in [-0.05, 0) is 31.9 Å². The Kier molecular flexibility index (Phi) is 4.63. The van der Waals surface area contributed by atoms with Crippen LogP contribution in [0.1, 0.15) is 28.8 Å². The summed E-state index contributed by atoms with van der Waals surface area (Å²) >= 11 is 0. The van der Waals surface area contributed by atoms with Gasteiger partial charge in [-0.1, -0.05) is 54.1 Å². The number of aromatic nitrogens is 1. The molecular weight excluding hydrogens is 336 g/mol. The zero-order chi connectivity index (χ0) is 18.8. The summed E-state index contributed by atoms with van der Waals surface area (Å²) in [6.45, 7) is 7.50. The highest BCUT2D eigenvalue weighted by molar-refractivity contribution is 6.00. The molecule has 1 saturated heterocycles. The fourth-order valence-electron chi connectivity index (χ4n) is 3.30. The lowest BCUT2D eigenvalue weighted by molar-refractivity contribution is 0.0744. The highest BCUT2D eigenvalue weighted by atomic mass is 16.4. The van der Waals surface area contributed by atoms with Crippen molar-refractivity contribution in [2.24, 2.45) is 0 Å². The zero-order valence-corrected chi connectivity index (χ0v) is 15.4. The number of aryl methyl sites for hydroxylation is 1. The normalized spacial score (nSPS) is 14.4. The van der Waals surface area contributed by atoms with E-state index in [1.165, 1.54) is 11.1 Å². The van der Waals surface area contributed by atoms with E-state index in [1.54, 1.807) is 6.20 Å². The molecule has 0 radical (unpaired) electrons. The van der Waals surface area contributed by atoms with Crippen LogP contribution in [0.5, 0.6) is 0 Å². The molecule has 27 heavy (non-hydrogen) atoms. The number of carbonyl (C=O) groups is 1. The number of amides is 1. The van der Waals surface area contributed by atoms with Gasteiger partial charge in [-0.2, -0.15) is 0 Å². The number of rotatable bonds is 3. The van der Waals surface area contributed by atoms with Gasteiger partial charge in [0, 0.05) is 24.2 Å². The number of piperidine rings is 1. The first-order chi connectivity index (χ1) is 13.1. The molecule has 136 valence electrons. The van der Waals surface area contributed by atoms with Gasteiger partial charge >= 0.3 is 0 Å².